The van der Waals surface area contributed by atoms with Crippen molar-refractivity contribution in [2.75, 3.05) is 32.8 Å². The first-order chi connectivity index (χ1) is 15.2. The van der Waals surface area contributed by atoms with E-state index in [1.807, 2.05) is 6.07 Å². The molecule has 1 saturated heterocycles. The summed E-state index contributed by atoms with van der Waals surface area (Å²) in [5.74, 6) is -1.08. The Morgan fingerprint density at radius 2 is 1.72 bits per heavy atom. The number of nitrogens with one attached hydrogen (secondary N) is 1. The maximum absolute atomic E-state index is 12.4. The molecule has 1 N–H and O–H groups in total. The van der Waals surface area contributed by atoms with Gasteiger partial charge in [-0.3, -0.25) is 14.5 Å². The predicted octanol–water partition coefficient (Wildman–Crippen LogP) is 1.55. The molecular formula is C23H29N3O5S. The largest absolute Gasteiger partial charge is 0.454 e. The third-order valence-corrected chi connectivity index (χ3v) is 6.85. The van der Waals surface area contributed by atoms with Crippen LogP contribution < -0.4 is 4.72 Å². The molecule has 172 valence electrons. The highest BCUT2D eigenvalue weighted by molar-refractivity contribution is 7.89. The maximum atomic E-state index is 12.4. The first-order valence-electron chi connectivity index (χ1n) is 10.5. The van der Waals surface area contributed by atoms with Crippen molar-refractivity contribution in [3.63, 3.8) is 0 Å². The van der Waals surface area contributed by atoms with Crippen LogP contribution in [-0.4, -0.2) is 68.9 Å². The number of hydrogen-bond donors (Lipinski definition) is 1. The molecule has 9 heteroatoms. The average Bonchev–Trinajstić information content (AvgIpc) is 2.78. The zero-order valence-electron chi connectivity index (χ0n) is 18.4. The molecule has 2 aromatic carbocycles. The molecule has 1 heterocycles. The van der Waals surface area contributed by atoms with Crippen LogP contribution in [0.4, 0.5) is 0 Å². The highest BCUT2D eigenvalue weighted by Crippen LogP contribution is 2.11. The summed E-state index contributed by atoms with van der Waals surface area (Å²) < 4.78 is 32.0. The van der Waals surface area contributed by atoms with Gasteiger partial charge in [-0.2, -0.15) is 4.72 Å². The van der Waals surface area contributed by atoms with Crippen molar-refractivity contribution in [1.82, 2.24) is 14.5 Å². The van der Waals surface area contributed by atoms with Crippen LogP contribution in [0.25, 0.3) is 0 Å². The minimum absolute atomic E-state index is 0.0549. The first kappa shape index (κ1) is 23.9. The minimum Gasteiger partial charge on any atom is -0.454 e. The van der Waals surface area contributed by atoms with E-state index in [0.717, 1.165) is 19.6 Å². The van der Waals surface area contributed by atoms with Gasteiger partial charge in [0.05, 0.1) is 4.90 Å². The van der Waals surface area contributed by atoms with Gasteiger partial charge in [0.1, 0.15) is 6.04 Å². The molecule has 0 unspecified atom stereocenters. The number of nitrogens with zero attached hydrogens (tertiary/aromatic N) is 2. The van der Waals surface area contributed by atoms with E-state index in [9.17, 15) is 18.0 Å². The fraction of sp³-hybridized carbons (Fsp3) is 0.391. The third-order valence-electron chi connectivity index (χ3n) is 5.29. The van der Waals surface area contributed by atoms with Crippen molar-refractivity contribution in [2.45, 2.75) is 31.3 Å². The Hall–Kier alpha value is -2.75. The molecule has 1 aliphatic rings. The van der Waals surface area contributed by atoms with Crippen LogP contribution in [-0.2, 0) is 30.9 Å². The quantitative estimate of drug-likeness (QED) is 0.602. The van der Waals surface area contributed by atoms with Gasteiger partial charge in [0, 0.05) is 32.7 Å². The van der Waals surface area contributed by atoms with E-state index in [4.69, 9.17) is 4.74 Å². The van der Waals surface area contributed by atoms with Gasteiger partial charge in [0.15, 0.2) is 6.61 Å². The molecule has 1 aliphatic heterocycles. The SMILES string of the molecule is Cc1cccc(CN2CCN(C(=O)COC(=O)[C@H](C)NS(=O)(=O)c3ccccc3)CC2)c1. The number of amides is 1. The summed E-state index contributed by atoms with van der Waals surface area (Å²) in [5, 5.41) is 0. The summed E-state index contributed by atoms with van der Waals surface area (Å²) in [5.41, 5.74) is 2.46. The van der Waals surface area contributed by atoms with Crippen LogP contribution in [0.3, 0.4) is 0 Å². The van der Waals surface area contributed by atoms with Crippen LogP contribution in [0.15, 0.2) is 59.5 Å². The Kier molecular flexibility index (Phi) is 8.00. The summed E-state index contributed by atoms with van der Waals surface area (Å²) >= 11 is 0. The van der Waals surface area contributed by atoms with E-state index in [1.165, 1.54) is 30.2 Å². The fourth-order valence-electron chi connectivity index (χ4n) is 3.52. The van der Waals surface area contributed by atoms with Crippen molar-refractivity contribution >= 4 is 21.9 Å². The van der Waals surface area contributed by atoms with Gasteiger partial charge in [-0.25, -0.2) is 8.42 Å². The standard InChI is InChI=1S/C23H29N3O5S/c1-18-7-6-8-20(15-18)16-25-11-13-26(14-12-25)22(27)17-31-23(28)19(2)24-32(29,30)21-9-4-3-5-10-21/h3-10,15,19,24H,11-14,16-17H2,1-2H3/t19-/m0/s1. The summed E-state index contributed by atoms with van der Waals surface area (Å²) in [6.07, 6.45) is 0. The zero-order valence-corrected chi connectivity index (χ0v) is 19.2. The number of carbonyl (C=O) groups excluding carboxylic acids is 2. The summed E-state index contributed by atoms with van der Waals surface area (Å²) in [4.78, 5) is 28.6. The molecule has 0 spiro atoms. The van der Waals surface area contributed by atoms with Gasteiger partial charge >= 0.3 is 5.97 Å². The Morgan fingerprint density at radius 1 is 1.03 bits per heavy atom. The molecule has 1 atom stereocenters. The summed E-state index contributed by atoms with van der Waals surface area (Å²) in [6.45, 7) is 6.46. The summed E-state index contributed by atoms with van der Waals surface area (Å²) in [6, 6.07) is 15.0. The lowest BCUT2D eigenvalue weighted by Crippen LogP contribution is -2.49. The molecular weight excluding hydrogens is 430 g/mol. The van der Waals surface area contributed by atoms with E-state index < -0.39 is 28.6 Å². The maximum Gasteiger partial charge on any atom is 0.324 e. The van der Waals surface area contributed by atoms with E-state index >= 15 is 0 Å². The van der Waals surface area contributed by atoms with E-state index in [-0.39, 0.29) is 10.8 Å². The van der Waals surface area contributed by atoms with Gasteiger partial charge < -0.3 is 9.64 Å². The molecule has 1 amide bonds. The van der Waals surface area contributed by atoms with Gasteiger partial charge in [-0.1, -0.05) is 48.0 Å². The van der Waals surface area contributed by atoms with E-state index in [0.29, 0.717) is 13.1 Å². The van der Waals surface area contributed by atoms with Crippen LogP contribution >= 0.6 is 0 Å². The molecule has 0 radical (unpaired) electrons. The highest BCUT2D eigenvalue weighted by atomic mass is 32.2. The number of benzene rings is 2. The molecule has 0 saturated carbocycles. The first-order valence-corrected chi connectivity index (χ1v) is 12.0. The Balaban J connectivity index is 1.42. The van der Waals surface area contributed by atoms with Crippen LogP contribution in [0.1, 0.15) is 18.1 Å². The van der Waals surface area contributed by atoms with Crippen LogP contribution in [0, 0.1) is 6.92 Å². The minimum atomic E-state index is -3.85. The lowest BCUT2D eigenvalue weighted by molar-refractivity contribution is -0.153. The number of ether oxygens (including phenoxy) is 1. The zero-order chi connectivity index (χ0) is 23.1. The lowest BCUT2D eigenvalue weighted by atomic mass is 10.1. The number of sulfonamides is 1. The molecule has 2 aromatic rings. The highest BCUT2D eigenvalue weighted by Gasteiger charge is 2.26. The smallest absolute Gasteiger partial charge is 0.324 e. The monoisotopic (exact) mass is 459 g/mol. The normalized spacial score (nSPS) is 15.9. The number of rotatable bonds is 8. The van der Waals surface area contributed by atoms with Gasteiger partial charge in [-0.15, -0.1) is 0 Å². The second kappa shape index (κ2) is 10.7. The van der Waals surface area contributed by atoms with Crippen LogP contribution in [0.5, 0.6) is 0 Å². The van der Waals surface area contributed by atoms with Crippen molar-refractivity contribution in [2.24, 2.45) is 0 Å². The average molecular weight is 460 g/mol. The molecule has 8 nitrogen and oxygen atoms in total. The number of esters is 1. The van der Waals surface area contributed by atoms with Crippen molar-refractivity contribution in [3.8, 4) is 0 Å². The number of hydrogen-bond acceptors (Lipinski definition) is 6. The second-order valence-electron chi connectivity index (χ2n) is 7.91. The molecule has 3 rings (SSSR count). The predicted molar refractivity (Wildman–Crippen MR) is 120 cm³/mol. The Morgan fingerprint density at radius 3 is 2.38 bits per heavy atom. The number of aryl methyl sites for hydroxylation is 1. The molecule has 1 fully saturated rings. The second-order valence-corrected chi connectivity index (χ2v) is 9.62. The number of carbonyl (C=O) groups is 2. The van der Waals surface area contributed by atoms with Gasteiger partial charge in [-0.05, 0) is 31.5 Å². The molecule has 0 aromatic heterocycles. The van der Waals surface area contributed by atoms with Crippen molar-refractivity contribution in [1.29, 1.82) is 0 Å². The molecule has 0 aliphatic carbocycles. The third kappa shape index (κ3) is 6.62. The van der Waals surface area contributed by atoms with E-state index in [1.54, 1.807) is 23.1 Å². The summed E-state index contributed by atoms with van der Waals surface area (Å²) in [7, 11) is -3.85. The van der Waals surface area contributed by atoms with E-state index in [2.05, 4.69) is 34.7 Å². The van der Waals surface area contributed by atoms with Crippen molar-refractivity contribution < 1.29 is 22.7 Å². The van der Waals surface area contributed by atoms with Gasteiger partial charge in [0.25, 0.3) is 5.91 Å². The molecule has 32 heavy (non-hydrogen) atoms. The van der Waals surface area contributed by atoms with Crippen LogP contribution in [0.2, 0.25) is 0 Å². The fourth-order valence-corrected chi connectivity index (χ4v) is 4.73. The molecule has 0 bridgehead atoms. The van der Waals surface area contributed by atoms with Gasteiger partial charge in [0.2, 0.25) is 10.0 Å². The number of piperazine rings is 1. The Labute approximate surface area is 189 Å². The van der Waals surface area contributed by atoms with Crippen molar-refractivity contribution in [3.05, 3.63) is 65.7 Å². The Bertz CT molecular complexity index is 1030. The topological polar surface area (TPSA) is 96.0 Å². The lowest BCUT2D eigenvalue weighted by Gasteiger charge is -2.34.